The lowest BCUT2D eigenvalue weighted by atomic mass is 9.94. The van der Waals surface area contributed by atoms with Gasteiger partial charge in [-0.05, 0) is 54.3 Å². The zero-order valence-electron chi connectivity index (χ0n) is 19.3. The van der Waals surface area contributed by atoms with Crippen LogP contribution in [0.1, 0.15) is 34.0 Å². The summed E-state index contributed by atoms with van der Waals surface area (Å²) in [5.74, 6) is -0.204. The smallest absolute Gasteiger partial charge is 0.256 e. The summed E-state index contributed by atoms with van der Waals surface area (Å²) in [4.78, 5) is 16.0. The average molecular weight is 520 g/mol. The number of nitrogens with zero attached hydrogens (tertiary/aromatic N) is 2. The van der Waals surface area contributed by atoms with E-state index in [1.54, 1.807) is 13.0 Å². The molecule has 1 atom stereocenters. The van der Waals surface area contributed by atoms with Crippen molar-refractivity contribution in [2.45, 2.75) is 26.3 Å². The molecule has 1 aliphatic heterocycles. The van der Waals surface area contributed by atoms with Crippen LogP contribution < -0.4 is 5.32 Å². The molecule has 4 aromatic rings. The van der Waals surface area contributed by atoms with E-state index in [1.165, 1.54) is 6.07 Å². The van der Waals surface area contributed by atoms with Gasteiger partial charge in [-0.15, -0.1) is 0 Å². The second kappa shape index (κ2) is 9.35. The Hall–Kier alpha value is -2.96. The number of aromatic nitrogens is 1. The first-order chi connectivity index (χ1) is 16.4. The average Bonchev–Trinajstić information content (AvgIpc) is 3.14. The quantitative estimate of drug-likeness (QED) is 0.367. The van der Waals surface area contributed by atoms with Gasteiger partial charge in [-0.2, -0.15) is 0 Å². The zero-order chi connectivity index (χ0) is 23.8. The molecule has 34 heavy (non-hydrogen) atoms. The molecule has 1 N–H and O–H groups in total. The molecule has 1 fully saturated rings. The molecule has 0 radical (unpaired) electrons. The Kier molecular flexibility index (Phi) is 6.28. The molecule has 3 heterocycles. The number of hydrogen-bond donors (Lipinski definition) is 1. The number of pyridine rings is 1. The summed E-state index contributed by atoms with van der Waals surface area (Å²) in [6, 6.07) is 19.5. The lowest BCUT2D eigenvalue weighted by molar-refractivity contribution is 0.0710. The topological polar surface area (TPSA) is 36.8 Å². The number of amides is 1. The monoisotopic (exact) mass is 519 g/mol. The predicted octanol–water partition coefficient (Wildman–Crippen LogP) is 5.84. The highest BCUT2D eigenvalue weighted by Gasteiger charge is 2.30. The summed E-state index contributed by atoms with van der Waals surface area (Å²) in [6.45, 7) is 5.99. The van der Waals surface area contributed by atoms with Crippen molar-refractivity contribution >= 4 is 27.4 Å². The van der Waals surface area contributed by atoms with Crippen molar-refractivity contribution in [1.29, 1.82) is 0 Å². The van der Waals surface area contributed by atoms with Crippen molar-refractivity contribution in [2.75, 3.05) is 19.6 Å². The Bertz CT molecular complexity index is 1370. The van der Waals surface area contributed by atoms with Gasteiger partial charge >= 0.3 is 0 Å². The maximum atomic E-state index is 14.5. The minimum Gasteiger partial charge on any atom is -0.336 e. The molecule has 174 valence electrons. The van der Waals surface area contributed by atoms with Crippen LogP contribution in [0.4, 0.5) is 4.39 Å². The summed E-state index contributed by atoms with van der Waals surface area (Å²) in [5.41, 5.74) is 5.97. The fourth-order valence-electron chi connectivity index (χ4n) is 4.91. The van der Waals surface area contributed by atoms with E-state index in [4.69, 9.17) is 0 Å². The summed E-state index contributed by atoms with van der Waals surface area (Å²) in [6.07, 6.45) is 2.47. The molecule has 1 amide bonds. The van der Waals surface area contributed by atoms with E-state index in [9.17, 15) is 9.18 Å². The third kappa shape index (κ3) is 4.17. The van der Waals surface area contributed by atoms with Crippen molar-refractivity contribution in [1.82, 2.24) is 14.6 Å². The summed E-state index contributed by atoms with van der Waals surface area (Å²) in [5, 5.41) is 3.42. The van der Waals surface area contributed by atoms with Crippen LogP contribution in [0.5, 0.6) is 0 Å². The van der Waals surface area contributed by atoms with Crippen LogP contribution in [-0.4, -0.2) is 40.9 Å². The van der Waals surface area contributed by atoms with E-state index in [0.29, 0.717) is 30.6 Å². The van der Waals surface area contributed by atoms with E-state index in [0.717, 1.165) is 38.9 Å². The van der Waals surface area contributed by atoms with Crippen molar-refractivity contribution in [3.05, 3.63) is 99.4 Å². The second-order valence-electron chi connectivity index (χ2n) is 8.98. The normalized spacial score (nSPS) is 16.2. The highest BCUT2D eigenvalue weighted by molar-refractivity contribution is 9.10. The van der Waals surface area contributed by atoms with E-state index in [2.05, 4.69) is 44.7 Å². The number of hydrogen-bond acceptors (Lipinski definition) is 2. The van der Waals surface area contributed by atoms with Gasteiger partial charge in [0.1, 0.15) is 5.82 Å². The van der Waals surface area contributed by atoms with E-state index in [1.807, 2.05) is 47.5 Å². The van der Waals surface area contributed by atoms with E-state index >= 15 is 0 Å². The Morgan fingerprint density at radius 3 is 2.71 bits per heavy atom. The van der Waals surface area contributed by atoms with Crippen molar-refractivity contribution < 1.29 is 9.18 Å². The third-order valence-corrected chi connectivity index (χ3v) is 7.16. The fraction of sp³-hybridized carbons (Fsp3) is 0.250. The van der Waals surface area contributed by atoms with Gasteiger partial charge in [0, 0.05) is 42.8 Å². The highest BCUT2D eigenvalue weighted by atomic mass is 79.9. The molecular formula is C28H27BrFN3O. The zero-order valence-corrected chi connectivity index (χ0v) is 20.9. The predicted molar refractivity (Wildman–Crippen MR) is 138 cm³/mol. The van der Waals surface area contributed by atoms with Crippen LogP contribution in [-0.2, 0) is 6.42 Å². The van der Waals surface area contributed by atoms with Gasteiger partial charge in [-0.1, -0.05) is 58.4 Å². The van der Waals surface area contributed by atoms with Crippen LogP contribution in [0.25, 0.3) is 16.8 Å². The van der Waals surface area contributed by atoms with Crippen molar-refractivity contribution in [3.8, 4) is 11.3 Å². The first-order valence-electron chi connectivity index (χ1n) is 11.6. The Morgan fingerprint density at radius 1 is 1.15 bits per heavy atom. The standard InChI is InChI=1S/C28H27BrFN3O/c1-18-17-32(14-12-31-18)28(34)26-23(15-21-9-6-10-24(30)19(21)2)27(20-7-4-3-5-8-20)33-13-11-22(29)16-25(26)33/h3-11,13,16,18,31H,12,14-15,17H2,1-2H3/t18-/m0/s1. The molecular weight excluding hydrogens is 493 g/mol. The number of rotatable bonds is 4. The molecule has 4 nitrogen and oxygen atoms in total. The van der Waals surface area contributed by atoms with Crippen molar-refractivity contribution in [2.24, 2.45) is 0 Å². The maximum Gasteiger partial charge on any atom is 0.256 e. The molecule has 2 aromatic carbocycles. The molecule has 0 aliphatic carbocycles. The Labute approximate surface area is 207 Å². The number of carbonyl (C=O) groups is 1. The molecule has 1 aliphatic rings. The molecule has 6 heteroatoms. The molecule has 0 unspecified atom stereocenters. The molecule has 1 saturated heterocycles. The number of benzene rings is 2. The largest absolute Gasteiger partial charge is 0.336 e. The first-order valence-corrected chi connectivity index (χ1v) is 12.4. The fourth-order valence-corrected chi connectivity index (χ4v) is 5.24. The third-order valence-electron chi connectivity index (χ3n) is 6.67. The Morgan fingerprint density at radius 2 is 1.94 bits per heavy atom. The number of carbonyl (C=O) groups excluding carboxylic acids is 1. The van der Waals surface area contributed by atoms with E-state index in [-0.39, 0.29) is 17.8 Å². The van der Waals surface area contributed by atoms with Gasteiger partial charge in [0.2, 0.25) is 0 Å². The highest BCUT2D eigenvalue weighted by Crippen LogP contribution is 2.36. The molecule has 5 rings (SSSR count). The molecule has 0 saturated carbocycles. The first kappa shape index (κ1) is 22.8. The summed E-state index contributed by atoms with van der Waals surface area (Å²) >= 11 is 3.60. The van der Waals surface area contributed by atoms with Crippen molar-refractivity contribution in [3.63, 3.8) is 0 Å². The summed E-state index contributed by atoms with van der Waals surface area (Å²) in [7, 11) is 0. The molecule has 0 spiro atoms. The number of halogens is 2. The second-order valence-corrected chi connectivity index (χ2v) is 9.89. The van der Waals surface area contributed by atoms with Crippen LogP contribution >= 0.6 is 15.9 Å². The molecule has 0 bridgehead atoms. The van der Waals surface area contributed by atoms with Crippen LogP contribution in [0.15, 0.2) is 71.3 Å². The Balaban J connectivity index is 1.78. The number of nitrogens with one attached hydrogen (secondary N) is 1. The van der Waals surface area contributed by atoms with Gasteiger partial charge in [-0.3, -0.25) is 4.79 Å². The van der Waals surface area contributed by atoms with Gasteiger partial charge in [0.15, 0.2) is 0 Å². The van der Waals surface area contributed by atoms with Gasteiger partial charge in [0.25, 0.3) is 5.91 Å². The SMILES string of the molecule is Cc1c(F)cccc1Cc1c(C(=O)N2CCN[C@@H](C)C2)c2cc(Br)ccn2c1-c1ccccc1. The number of fused-ring (bicyclic) bond motifs is 1. The minimum absolute atomic E-state index is 0.0233. The summed E-state index contributed by atoms with van der Waals surface area (Å²) < 4.78 is 17.5. The van der Waals surface area contributed by atoms with E-state index < -0.39 is 0 Å². The maximum absolute atomic E-state index is 14.5. The van der Waals surface area contributed by atoms with Crippen LogP contribution in [0.3, 0.4) is 0 Å². The lowest BCUT2D eigenvalue weighted by Gasteiger charge is -2.32. The van der Waals surface area contributed by atoms with Crippen LogP contribution in [0.2, 0.25) is 0 Å². The van der Waals surface area contributed by atoms with Gasteiger partial charge in [-0.25, -0.2) is 4.39 Å². The van der Waals surface area contributed by atoms with Gasteiger partial charge in [0.05, 0.1) is 16.8 Å². The lowest BCUT2D eigenvalue weighted by Crippen LogP contribution is -2.51. The molecule has 2 aromatic heterocycles. The van der Waals surface area contributed by atoms with Crippen LogP contribution in [0, 0.1) is 12.7 Å². The minimum atomic E-state index is -0.228. The van der Waals surface area contributed by atoms with Gasteiger partial charge < -0.3 is 14.6 Å². The number of piperazine rings is 1.